The van der Waals surface area contributed by atoms with E-state index >= 15 is 0 Å². The number of aryl methyl sites for hydroxylation is 1. The van der Waals surface area contributed by atoms with Crippen LogP contribution in [0.3, 0.4) is 0 Å². The fourth-order valence-electron chi connectivity index (χ4n) is 4.16. The van der Waals surface area contributed by atoms with E-state index in [-0.39, 0.29) is 17.0 Å². The van der Waals surface area contributed by atoms with Crippen molar-refractivity contribution >= 4 is 22.2 Å². The number of benzene rings is 2. The predicted molar refractivity (Wildman–Crippen MR) is 123 cm³/mol. The second-order valence-electron chi connectivity index (χ2n) is 8.39. The van der Waals surface area contributed by atoms with Crippen molar-refractivity contribution in [2.24, 2.45) is 7.05 Å². The number of halogens is 2. The molecule has 0 amide bonds. The summed E-state index contributed by atoms with van der Waals surface area (Å²) in [5, 5.41) is 0. The minimum Gasteiger partial charge on any atom is -0.435 e. The molecule has 0 saturated heterocycles. The normalized spacial score (nSPS) is 13.8. The number of hydrogen-bond donors (Lipinski definition) is 0. The van der Waals surface area contributed by atoms with Crippen LogP contribution in [0.5, 0.6) is 5.75 Å². The lowest BCUT2D eigenvalue weighted by Crippen LogP contribution is -2.23. The van der Waals surface area contributed by atoms with Gasteiger partial charge in [-0.2, -0.15) is 8.78 Å². The van der Waals surface area contributed by atoms with E-state index in [2.05, 4.69) is 14.7 Å². The lowest BCUT2D eigenvalue weighted by atomic mass is 10.1. The summed E-state index contributed by atoms with van der Waals surface area (Å²) in [6.07, 6.45) is 3.85. The summed E-state index contributed by atoms with van der Waals surface area (Å²) in [4.78, 5) is 27.6. The van der Waals surface area contributed by atoms with Crippen molar-refractivity contribution in [2.45, 2.75) is 25.4 Å². The molecule has 34 heavy (non-hydrogen) atoms. The summed E-state index contributed by atoms with van der Waals surface area (Å²) in [7, 11) is 1.89. The molecule has 1 aliphatic carbocycles. The van der Waals surface area contributed by atoms with Crippen LogP contribution in [0.4, 0.5) is 8.78 Å². The smallest absolute Gasteiger partial charge is 0.387 e. The van der Waals surface area contributed by atoms with Crippen LogP contribution in [-0.2, 0) is 7.05 Å². The third kappa shape index (κ3) is 3.49. The van der Waals surface area contributed by atoms with Gasteiger partial charge < -0.3 is 9.30 Å². The van der Waals surface area contributed by atoms with Gasteiger partial charge in [0.2, 0.25) is 0 Å². The lowest BCUT2D eigenvalue weighted by Gasteiger charge is -2.14. The summed E-state index contributed by atoms with van der Waals surface area (Å²) < 4.78 is 33.0. The highest BCUT2D eigenvalue weighted by molar-refractivity contribution is 5.83. The molecule has 0 spiro atoms. The van der Waals surface area contributed by atoms with Gasteiger partial charge in [0, 0.05) is 24.2 Å². The van der Waals surface area contributed by atoms with Crippen molar-refractivity contribution in [3.8, 4) is 22.7 Å². The second-order valence-corrected chi connectivity index (χ2v) is 8.39. The summed E-state index contributed by atoms with van der Waals surface area (Å²) >= 11 is 0. The van der Waals surface area contributed by atoms with Crippen molar-refractivity contribution in [1.82, 2.24) is 24.1 Å². The lowest BCUT2D eigenvalue weighted by molar-refractivity contribution is -0.0498. The Morgan fingerprint density at radius 1 is 1.00 bits per heavy atom. The van der Waals surface area contributed by atoms with E-state index in [4.69, 9.17) is 4.98 Å². The van der Waals surface area contributed by atoms with E-state index in [0.717, 1.165) is 29.6 Å². The van der Waals surface area contributed by atoms with Gasteiger partial charge in [-0.25, -0.2) is 15.0 Å². The standard InChI is InChI=1S/C25H19F2N5O2/c1-31-13-28-19-9-4-15(12-21(19)31)22-24(33)32(16-5-7-17(8-6-16)34-25(26)27)23-20(29-22)11-10-18(30-23)14-2-3-14/h4-14,25H,2-3H2,1H3. The van der Waals surface area contributed by atoms with Gasteiger partial charge in [0.25, 0.3) is 5.56 Å². The highest BCUT2D eigenvalue weighted by atomic mass is 19.3. The van der Waals surface area contributed by atoms with Gasteiger partial charge in [-0.1, -0.05) is 6.07 Å². The Bertz CT molecular complexity index is 1600. The van der Waals surface area contributed by atoms with Crippen LogP contribution in [0.25, 0.3) is 39.1 Å². The SMILES string of the molecule is Cn1cnc2ccc(-c3nc4ccc(C5CC5)nc4n(-c4ccc(OC(F)F)cc4)c3=O)cc21. The Balaban J connectivity index is 1.58. The van der Waals surface area contributed by atoms with E-state index < -0.39 is 6.61 Å². The first-order valence-electron chi connectivity index (χ1n) is 10.9. The Labute approximate surface area is 192 Å². The zero-order valence-corrected chi connectivity index (χ0v) is 18.2. The molecular weight excluding hydrogens is 440 g/mol. The quantitative estimate of drug-likeness (QED) is 0.377. The average Bonchev–Trinajstić information content (AvgIpc) is 3.62. The molecule has 0 aliphatic heterocycles. The van der Waals surface area contributed by atoms with Crippen molar-refractivity contribution in [2.75, 3.05) is 0 Å². The summed E-state index contributed by atoms with van der Waals surface area (Å²) in [5.41, 5.74) is 4.67. The topological polar surface area (TPSA) is 74.8 Å². The molecule has 7 nitrogen and oxygen atoms in total. The van der Waals surface area contributed by atoms with Crippen LogP contribution in [0, 0.1) is 0 Å². The largest absolute Gasteiger partial charge is 0.435 e. The van der Waals surface area contributed by atoms with Crippen LogP contribution in [0.1, 0.15) is 24.5 Å². The van der Waals surface area contributed by atoms with Crippen LogP contribution in [-0.4, -0.2) is 30.7 Å². The van der Waals surface area contributed by atoms with Crippen molar-refractivity contribution in [1.29, 1.82) is 0 Å². The maximum absolute atomic E-state index is 13.8. The van der Waals surface area contributed by atoms with E-state index in [1.165, 1.54) is 16.7 Å². The summed E-state index contributed by atoms with van der Waals surface area (Å²) in [6, 6.07) is 15.3. The molecule has 0 radical (unpaired) electrons. The molecule has 6 rings (SSSR count). The second kappa shape index (κ2) is 7.72. The molecule has 3 aromatic heterocycles. The van der Waals surface area contributed by atoms with Gasteiger partial charge in [0.05, 0.1) is 23.0 Å². The molecule has 5 aromatic rings. The molecule has 3 heterocycles. The number of pyridine rings is 1. The summed E-state index contributed by atoms with van der Waals surface area (Å²) in [5.74, 6) is 0.403. The highest BCUT2D eigenvalue weighted by Crippen LogP contribution is 2.39. The fraction of sp³-hybridized carbons (Fsp3) is 0.200. The Morgan fingerprint density at radius 2 is 1.76 bits per heavy atom. The van der Waals surface area contributed by atoms with Gasteiger partial charge in [0.1, 0.15) is 17.0 Å². The molecule has 0 atom stereocenters. The molecule has 0 bridgehead atoms. The third-order valence-electron chi connectivity index (χ3n) is 6.04. The summed E-state index contributed by atoms with van der Waals surface area (Å²) in [6.45, 7) is -2.92. The highest BCUT2D eigenvalue weighted by Gasteiger charge is 2.26. The van der Waals surface area contributed by atoms with Crippen LogP contribution in [0.15, 0.2) is 65.7 Å². The number of nitrogens with zero attached hydrogens (tertiary/aromatic N) is 5. The average molecular weight is 459 g/mol. The zero-order chi connectivity index (χ0) is 23.4. The van der Waals surface area contributed by atoms with Crippen LogP contribution < -0.4 is 10.3 Å². The van der Waals surface area contributed by atoms with E-state index in [1.54, 1.807) is 18.5 Å². The van der Waals surface area contributed by atoms with Crippen molar-refractivity contribution < 1.29 is 13.5 Å². The Morgan fingerprint density at radius 3 is 2.50 bits per heavy atom. The number of fused-ring (bicyclic) bond motifs is 2. The maximum Gasteiger partial charge on any atom is 0.387 e. The number of ether oxygens (including phenoxy) is 1. The first-order chi connectivity index (χ1) is 16.5. The minimum absolute atomic E-state index is 0.0127. The van der Waals surface area contributed by atoms with Gasteiger partial charge in [-0.3, -0.25) is 9.36 Å². The molecule has 170 valence electrons. The molecule has 1 aliphatic rings. The van der Waals surface area contributed by atoms with Crippen molar-refractivity contribution in [3.05, 3.63) is 77.0 Å². The number of aromatic nitrogens is 5. The molecule has 1 fully saturated rings. The first-order valence-corrected chi connectivity index (χ1v) is 10.9. The fourth-order valence-corrected chi connectivity index (χ4v) is 4.16. The number of rotatable bonds is 5. The molecule has 0 N–H and O–H groups in total. The van der Waals surface area contributed by atoms with E-state index in [9.17, 15) is 13.6 Å². The zero-order valence-electron chi connectivity index (χ0n) is 18.2. The van der Waals surface area contributed by atoms with Gasteiger partial charge in [-0.15, -0.1) is 0 Å². The van der Waals surface area contributed by atoms with Crippen LogP contribution in [0.2, 0.25) is 0 Å². The molecular formula is C25H19F2N5O2. The van der Waals surface area contributed by atoms with Crippen molar-refractivity contribution in [3.63, 3.8) is 0 Å². The predicted octanol–water partition coefficient (Wildman–Crippen LogP) is 4.81. The maximum atomic E-state index is 13.8. The molecule has 0 unspecified atom stereocenters. The number of alkyl halides is 2. The first kappa shape index (κ1) is 20.5. The molecule has 1 saturated carbocycles. The van der Waals surface area contributed by atoms with Gasteiger partial charge >= 0.3 is 6.61 Å². The van der Waals surface area contributed by atoms with E-state index in [0.29, 0.717) is 28.3 Å². The minimum atomic E-state index is -2.92. The van der Waals surface area contributed by atoms with E-state index in [1.807, 2.05) is 41.9 Å². The molecule has 9 heteroatoms. The monoisotopic (exact) mass is 459 g/mol. The Hall–Kier alpha value is -4.14. The molecule has 2 aromatic carbocycles. The van der Waals surface area contributed by atoms with Gasteiger partial charge in [0.15, 0.2) is 5.65 Å². The Kier molecular flexibility index (Phi) is 4.65. The third-order valence-corrected chi connectivity index (χ3v) is 6.04. The number of imidazole rings is 1. The van der Waals surface area contributed by atoms with Gasteiger partial charge in [-0.05, 0) is 61.4 Å². The number of hydrogen-bond acceptors (Lipinski definition) is 5. The van der Waals surface area contributed by atoms with Crippen LogP contribution >= 0.6 is 0 Å².